The Bertz CT molecular complexity index is 631. The Morgan fingerprint density at radius 3 is 2.50 bits per heavy atom. The Balaban J connectivity index is 2.14. The standard InChI is InChI=1S/C16H17NO3/c1-17(20-2)16(19)11-10-15(18)14-9-5-7-12-6-3-4-8-13(12)14/h3-9H,10-11H2,1-2H3. The van der Waals surface area contributed by atoms with Gasteiger partial charge in [0.2, 0.25) is 5.91 Å². The van der Waals surface area contributed by atoms with Gasteiger partial charge in [0.15, 0.2) is 5.78 Å². The number of ketones is 1. The lowest BCUT2D eigenvalue weighted by Crippen LogP contribution is -2.25. The van der Waals surface area contributed by atoms with Crippen molar-refractivity contribution in [1.82, 2.24) is 5.06 Å². The van der Waals surface area contributed by atoms with Crippen molar-refractivity contribution in [3.8, 4) is 0 Å². The summed E-state index contributed by atoms with van der Waals surface area (Å²) in [6, 6.07) is 13.4. The Hall–Kier alpha value is -2.20. The van der Waals surface area contributed by atoms with Crippen LogP contribution in [-0.4, -0.2) is 30.9 Å². The Morgan fingerprint density at radius 2 is 1.75 bits per heavy atom. The molecule has 2 aromatic carbocycles. The van der Waals surface area contributed by atoms with Crippen LogP contribution in [0.4, 0.5) is 0 Å². The van der Waals surface area contributed by atoms with Crippen molar-refractivity contribution in [1.29, 1.82) is 0 Å². The van der Waals surface area contributed by atoms with Crippen molar-refractivity contribution in [3.63, 3.8) is 0 Å². The van der Waals surface area contributed by atoms with E-state index >= 15 is 0 Å². The molecule has 0 aliphatic heterocycles. The molecule has 0 radical (unpaired) electrons. The van der Waals surface area contributed by atoms with Crippen LogP contribution in [0.15, 0.2) is 42.5 Å². The topological polar surface area (TPSA) is 46.6 Å². The van der Waals surface area contributed by atoms with Crippen molar-refractivity contribution < 1.29 is 14.4 Å². The number of fused-ring (bicyclic) bond motifs is 1. The second-order valence-electron chi connectivity index (χ2n) is 4.52. The molecule has 0 aromatic heterocycles. The van der Waals surface area contributed by atoms with E-state index in [4.69, 9.17) is 4.84 Å². The average Bonchev–Trinajstić information content (AvgIpc) is 2.50. The number of carbonyl (C=O) groups excluding carboxylic acids is 2. The Labute approximate surface area is 117 Å². The number of rotatable bonds is 5. The highest BCUT2D eigenvalue weighted by Crippen LogP contribution is 2.20. The van der Waals surface area contributed by atoms with Crippen molar-refractivity contribution in [2.45, 2.75) is 12.8 Å². The lowest BCUT2D eigenvalue weighted by Gasteiger charge is -2.13. The van der Waals surface area contributed by atoms with Gasteiger partial charge in [-0.25, -0.2) is 5.06 Å². The van der Waals surface area contributed by atoms with Crippen LogP contribution in [-0.2, 0) is 9.63 Å². The molecule has 4 heteroatoms. The number of hydrogen-bond acceptors (Lipinski definition) is 3. The van der Waals surface area contributed by atoms with Crippen LogP contribution < -0.4 is 0 Å². The number of amides is 1. The zero-order chi connectivity index (χ0) is 14.5. The highest BCUT2D eigenvalue weighted by atomic mass is 16.7. The van der Waals surface area contributed by atoms with Crippen LogP contribution in [0.2, 0.25) is 0 Å². The molecule has 0 saturated heterocycles. The number of hydroxylamine groups is 2. The Morgan fingerprint density at radius 1 is 1.05 bits per heavy atom. The maximum Gasteiger partial charge on any atom is 0.246 e. The van der Waals surface area contributed by atoms with Gasteiger partial charge in [-0.2, -0.15) is 0 Å². The highest BCUT2D eigenvalue weighted by molar-refractivity contribution is 6.08. The van der Waals surface area contributed by atoms with Crippen LogP contribution >= 0.6 is 0 Å². The molecule has 0 heterocycles. The Kier molecular flexibility index (Phi) is 4.48. The molecule has 2 rings (SSSR count). The molecular formula is C16H17NO3. The molecule has 0 unspecified atom stereocenters. The maximum absolute atomic E-state index is 12.3. The van der Waals surface area contributed by atoms with Gasteiger partial charge in [-0.1, -0.05) is 42.5 Å². The molecule has 0 atom stereocenters. The summed E-state index contributed by atoms with van der Waals surface area (Å²) >= 11 is 0. The van der Waals surface area contributed by atoms with Crippen LogP contribution in [0.1, 0.15) is 23.2 Å². The SMILES string of the molecule is CON(C)C(=O)CCC(=O)c1cccc2ccccc12. The summed E-state index contributed by atoms with van der Waals surface area (Å²) < 4.78 is 0. The quantitative estimate of drug-likeness (QED) is 0.620. The fourth-order valence-corrected chi connectivity index (χ4v) is 2.08. The van der Waals surface area contributed by atoms with Crippen molar-refractivity contribution in [2.24, 2.45) is 0 Å². The van der Waals surface area contributed by atoms with Gasteiger partial charge in [0.1, 0.15) is 0 Å². The summed E-state index contributed by atoms with van der Waals surface area (Å²) in [5.74, 6) is -0.235. The lowest BCUT2D eigenvalue weighted by molar-refractivity contribution is -0.168. The zero-order valence-electron chi connectivity index (χ0n) is 11.6. The second-order valence-corrected chi connectivity index (χ2v) is 4.52. The summed E-state index contributed by atoms with van der Waals surface area (Å²) in [7, 11) is 2.95. The fourth-order valence-electron chi connectivity index (χ4n) is 2.08. The molecule has 4 nitrogen and oxygen atoms in total. The predicted octanol–water partition coefficient (Wildman–Crippen LogP) is 2.82. The maximum atomic E-state index is 12.3. The number of benzene rings is 2. The first-order chi connectivity index (χ1) is 9.63. The molecule has 0 saturated carbocycles. The summed E-state index contributed by atoms with van der Waals surface area (Å²) in [6.45, 7) is 0. The molecule has 0 aliphatic rings. The minimum absolute atomic E-state index is 0.0281. The molecule has 20 heavy (non-hydrogen) atoms. The van der Waals surface area contributed by atoms with E-state index < -0.39 is 0 Å². The largest absolute Gasteiger partial charge is 0.294 e. The molecule has 104 valence electrons. The molecule has 0 spiro atoms. The molecule has 1 amide bonds. The smallest absolute Gasteiger partial charge is 0.246 e. The number of hydrogen-bond donors (Lipinski definition) is 0. The van der Waals surface area contributed by atoms with Crippen molar-refractivity contribution in [2.75, 3.05) is 14.2 Å². The van der Waals surface area contributed by atoms with Crippen molar-refractivity contribution >= 4 is 22.5 Å². The molecule has 0 aliphatic carbocycles. The van der Waals surface area contributed by atoms with Gasteiger partial charge in [0, 0.05) is 25.5 Å². The first kappa shape index (κ1) is 14.2. The molecule has 2 aromatic rings. The molecular weight excluding hydrogens is 254 g/mol. The minimum Gasteiger partial charge on any atom is -0.294 e. The van der Waals surface area contributed by atoms with Gasteiger partial charge in [-0.05, 0) is 10.8 Å². The molecule has 0 fully saturated rings. The van der Waals surface area contributed by atoms with E-state index in [9.17, 15) is 9.59 Å². The van der Waals surface area contributed by atoms with E-state index in [1.54, 1.807) is 6.07 Å². The molecule has 0 bridgehead atoms. The van der Waals surface area contributed by atoms with Crippen LogP contribution in [0, 0.1) is 0 Å². The number of nitrogens with zero attached hydrogens (tertiary/aromatic N) is 1. The van der Waals surface area contributed by atoms with Crippen LogP contribution in [0.5, 0.6) is 0 Å². The highest BCUT2D eigenvalue weighted by Gasteiger charge is 2.14. The average molecular weight is 271 g/mol. The van der Waals surface area contributed by atoms with E-state index in [1.807, 2.05) is 36.4 Å². The monoisotopic (exact) mass is 271 g/mol. The number of carbonyl (C=O) groups is 2. The van der Waals surface area contributed by atoms with Gasteiger partial charge in [0.05, 0.1) is 7.11 Å². The van der Waals surface area contributed by atoms with Gasteiger partial charge < -0.3 is 0 Å². The number of Topliss-reactive ketones (excluding diaryl/α,β-unsaturated/α-hetero) is 1. The first-order valence-corrected chi connectivity index (χ1v) is 6.45. The summed E-state index contributed by atoms with van der Waals surface area (Å²) in [5.41, 5.74) is 0.663. The van der Waals surface area contributed by atoms with Gasteiger partial charge in [-0.3, -0.25) is 14.4 Å². The van der Waals surface area contributed by atoms with Gasteiger partial charge >= 0.3 is 0 Å². The van der Waals surface area contributed by atoms with Gasteiger partial charge in [-0.15, -0.1) is 0 Å². The van der Waals surface area contributed by atoms with Crippen LogP contribution in [0.3, 0.4) is 0 Å². The third-order valence-corrected chi connectivity index (χ3v) is 3.28. The minimum atomic E-state index is -0.207. The third-order valence-electron chi connectivity index (χ3n) is 3.28. The zero-order valence-corrected chi connectivity index (χ0v) is 11.6. The second kappa shape index (κ2) is 6.30. The van der Waals surface area contributed by atoms with E-state index in [-0.39, 0.29) is 24.5 Å². The summed E-state index contributed by atoms with van der Waals surface area (Å²) in [6.07, 6.45) is 0.326. The fraction of sp³-hybridized carbons (Fsp3) is 0.250. The summed E-state index contributed by atoms with van der Waals surface area (Å²) in [4.78, 5) is 28.7. The summed E-state index contributed by atoms with van der Waals surface area (Å²) in [5, 5.41) is 3.09. The normalized spacial score (nSPS) is 10.5. The van der Waals surface area contributed by atoms with E-state index in [2.05, 4.69) is 0 Å². The van der Waals surface area contributed by atoms with Gasteiger partial charge in [0.25, 0.3) is 0 Å². The van der Waals surface area contributed by atoms with E-state index in [1.165, 1.54) is 14.2 Å². The lowest BCUT2D eigenvalue weighted by atomic mass is 9.99. The van der Waals surface area contributed by atoms with Crippen LogP contribution in [0.25, 0.3) is 10.8 Å². The predicted molar refractivity (Wildman–Crippen MR) is 77.3 cm³/mol. The molecule has 0 N–H and O–H groups in total. The van der Waals surface area contributed by atoms with Crippen molar-refractivity contribution in [3.05, 3.63) is 48.0 Å². The van der Waals surface area contributed by atoms with E-state index in [0.29, 0.717) is 5.56 Å². The first-order valence-electron chi connectivity index (χ1n) is 6.45. The van der Waals surface area contributed by atoms with E-state index in [0.717, 1.165) is 15.8 Å². The third kappa shape index (κ3) is 3.03.